The van der Waals surface area contributed by atoms with Gasteiger partial charge in [-0.15, -0.1) is 0 Å². The van der Waals surface area contributed by atoms with E-state index in [0.29, 0.717) is 5.56 Å². The summed E-state index contributed by atoms with van der Waals surface area (Å²) in [6.45, 7) is 1.47. The van der Waals surface area contributed by atoms with Gasteiger partial charge in [0.05, 0.1) is 16.2 Å². The third kappa shape index (κ3) is 1.52. The Labute approximate surface area is 88.1 Å². The number of phenols is 1. The fourth-order valence-electron chi connectivity index (χ4n) is 1.92. The maximum atomic E-state index is 11.9. The Morgan fingerprint density at radius 1 is 1.47 bits per heavy atom. The van der Waals surface area contributed by atoms with E-state index < -0.39 is 21.2 Å². The molecule has 0 aliphatic carbocycles. The number of phenolic OH excluding ortho intramolecular Hbond substituents is 1. The minimum atomic E-state index is -3.42. The molecule has 1 aromatic rings. The molecular weight excluding hydrogens is 216 g/mol. The molecule has 0 bridgehead atoms. The minimum absolute atomic E-state index is 0.0511. The van der Waals surface area contributed by atoms with Crippen LogP contribution in [0.3, 0.4) is 0 Å². The van der Waals surface area contributed by atoms with Gasteiger partial charge in [-0.05, 0) is 37.1 Å². The molecule has 15 heavy (non-hydrogen) atoms. The van der Waals surface area contributed by atoms with Crippen molar-refractivity contribution < 1.29 is 18.6 Å². The predicted octanol–water partition coefficient (Wildman–Crippen LogP) is 0.471. The van der Waals surface area contributed by atoms with Crippen LogP contribution in [0, 0.1) is 0 Å². The summed E-state index contributed by atoms with van der Waals surface area (Å²) in [4.78, 5) is 0.228. The van der Waals surface area contributed by atoms with E-state index in [9.17, 15) is 18.6 Å². The number of aliphatic hydroxyl groups is 1. The van der Waals surface area contributed by atoms with Crippen molar-refractivity contribution in [1.82, 2.24) is 0 Å². The van der Waals surface area contributed by atoms with Crippen molar-refractivity contribution in [2.24, 2.45) is 0 Å². The van der Waals surface area contributed by atoms with Crippen molar-refractivity contribution in [3.63, 3.8) is 0 Å². The van der Waals surface area contributed by atoms with Crippen molar-refractivity contribution >= 4 is 9.84 Å². The summed E-state index contributed by atoms with van der Waals surface area (Å²) < 4.78 is 23.8. The van der Waals surface area contributed by atoms with Crippen molar-refractivity contribution in [3.05, 3.63) is 23.8 Å². The fraction of sp³-hybridized carbons (Fsp3) is 0.400. The highest BCUT2D eigenvalue weighted by molar-refractivity contribution is 7.92. The van der Waals surface area contributed by atoms with E-state index in [1.807, 2.05) is 0 Å². The third-order valence-corrected chi connectivity index (χ3v) is 5.08. The Bertz CT molecular complexity index is 490. The monoisotopic (exact) mass is 228 g/mol. The van der Waals surface area contributed by atoms with Crippen LogP contribution in [0.5, 0.6) is 5.75 Å². The molecule has 2 atom stereocenters. The van der Waals surface area contributed by atoms with Crippen LogP contribution < -0.4 is 0 Å². The smallest absolute Gasteiger partial charge is 0.184 e. The van der Waals surface area contributed by atoms with E-state index >= 15 is 0 Å². The highest BCUT2D eigenvalue weighted by atomic mass is 32.2. The molecule has 1 heterocycles. The Balaban J connectivity index is 2.57. The second-order valence-corrected chi connectivity index (χ2v) is 5.96. The molecule has 0 aromatic heterocycles. The van der Waals surface area contributed by atoms with Gasteiger partial charge in [-0.2, -0.15) is 0 Å². The van der Waals surface area contributed by atoms with Gasteiger partial charge in [0, 0.05) is 0 Å². The summed E-state index contributed by atoms with van der Waals surface area (Å²) in [6.07, 6.45) is -0.631. The zero-order valence-electron chi connectivity index (χ0n) is 8.21. The van der Waals surface area contributed by atoms with Crippen LogP contribution in [-0.2, 0) is 16.3 Å². The molecule has 1 aromatic carbocycles. The Hall–Kier alpha value is -1.07. The molecule has 0 radical (unpaired) electrons. The standard InChI is InChI=1S/C10H12O4S/c1-6(11)10-5-7-4-8(12)2-3-9(7)15(10,13)14/h2-4,6,10-12H,5H2,1H3. The summed E-state index contributed by atoms with van der Waals surface area (Å²) in [7, 11) is -3.42. The van der Waals surface area contributed by atoms with Gasteiger partial charge in [-0.3, -0.25) is 0 Å². The quantitative estimate of drug-likeness (QED) is 0.732. The number of aromatic hydroxyl groups is 1. The molecule has 2 rings (SSSR count). The molecule has 82 valence electrons. The Morgan fingerprint density at radius 2 is 2.13 bits per heavy atom. The zero-order valence-corrected chi connectivity index (χ0v) is 9.03. The first-order chi connectivity index (χ1) is 6.93. The maximum absolute atomic E-state index is 11.9. The van der Waals surface area contributed by atoms with Crippen molar-refractivity contribution in [2.75, 3.05) is 0 Å². The molecule has 0 saturated carbocycles. The second-order valence-electron chi connectivity index (χ2n) is 3.82. The normalized spacial score (nSPS) is 24.8. The van der Waals surface area contributed by atoms with Gasteiger partial charge >= 0.3 is 0 Å². The van der Waals surface area contributed by atoms with Crippen LogP contribution in [-0.4, -0.2) is 30.0 Å². The first-order valence-corrected chi connectivity index (χ1v) is 6.21. The summed E-state index contributed by atoms with van der Waals surface area (Å²) >= 11 is 0. The average Bonchev–Trinajstić information content (AvgIpc) is 2.37. The Kier molecular flexibility index (Phi) is 2.24. The molecule has 1 aliphatic heterocycles. The number of rotatable bonds is 1. The van der Waals surface area contributed by atoms with Crippen molar-refractivity contribution in [3.8, 4) is 5.75 Å². The van der Waals surface area contributed by atoms with Crippen LogP contribution in [0.2, 0.25) is 0 Å². The first-order valence-electron chi connectivity index (χ1n) is 4.67. The summed E-state index contributed by atoms with van der Waals surface area (Å²) in [6, 6.07) is 4.18. The largest absolute Gasteiger partial charge is 0.508 e. The molecule has 2 N–H and O–H groups in total. The highest BCUT2D eigenvalue weighted by Gasteiger charge is 2.39. The zero-order chi connectivity index (χ0) is 11.2. The first kappa shape index (κ1) is 10.4. The lowest BCUT2D eigenvalue weighted by molar-refractivity contribution is 0.189. The van der Waals surface area contributed by atoms with Crippen LogP contribution in [0.15, 0.2) is 23.1 Å². The molecule has 0 fully saturated rings. The third-order valence-electron chi connectivity index (χ3n) is 2.71. The van der Waals surface area contributed by atoms with Crippen molar-refractivity contribution in [2.45, 2.75) is 29.6 Å². The van der Waals surface area contributed by atoms with E-state index in [4.69, 9.17) is 0 Å². The van der Waals surface area contributed by atoms with Gasteiger partial charge in [-0.25, -0.2) is 8.42 Å². The summed E-state index contributed by atoms with van der Waals surface area (Å²) in [5, 5.41) is 17.8. The van der Waals surface area contributed by atoms with Gasteiger partial charge in [0.15, 0.2) is 9.84 Å². The molecule has 5 heteroatoms. The van der Waals surface area contributed by atoms with E-state index in [1.165, 1.54) is 25.1 Å². The SMILES string of the molecule is CC(O)C1Cc2cc(O)ccc2S1(=O)=O. The minimum Gasteiger partial charge on any atom is -0.508 e. The molecule has 0 saturated heterocycles. The van der Waals surface area contributed by atoms with E-state index in [0.717, 1.165) is 0 Å². The highest BCUT2D eigenvalue weighted by Crippen LogP contribution is 2.34. The average molecular weight is 228 g/mol. The molecule has 2 unspecified atom stereocenters. The lowest BCUT2D eigenvalue weighted by Gasteiger charge is -2.11. The van der Waals surface area contributed by atoms with E-state index in [1.54, 1.807) is 0 Å². The van der Waals surface area contributed by atoms with Gasteiger partial charge < -0.3 is 10.2 Å². The van der Waals surface area contributed by atoms with E-state index in [-0.39, 0.29) is 17.1 Å². The number of sulfone groups is 1. The van der Waals surface area contributed by atoms with Crippen LogP contribution >= 0.6 is 0 Å². The lowest BCUT2D eigenvalue weighted by Crippen LogP contribution is -2.29. The molecule has 1 aliphatic rings. The van der Waals surface area contributed by atoms with Gasteiger partial charge in [0.1, 0.15) is 5.75 Å². The fourth-order valence-corrected chi connectivity index (χ4v) is 3.93. The van der Waals surface area contributed by atoms with Gasteiger partial charge in [0.25, 0.3) is 0 Å². The Morgan fingerprint density at radius 3 is 2.73 bits per heavy atom. The molecule has 0 spiro atoms. The number of aliphatic hydroxyl groups excluding tert-OH is 1. The van der Waals surface area contributed by atoms with Crippen LogP contribution in [0.4, 0.5) is 0 Å². The number of fused-ring (bicyclic) bond motifs is 1. The summed E-state index contributed by atoms with van der Waals surface area (Å²) in [5.41, 5.74) is 0.584. The second kappa shape index (κ2) is 3.21. The number of hydrogen-bond acceptors (Lipinski definition) is 4. The summed E-state index contributed by atoms with van der Waals surface area (Å²) in [5.74, 6) is 0.0511. The lowest BCUT2D eigenvalue weighted by atomic mass is 10.1. The molecule has 4 nitrogen and oxygen atoms in total. The van der Waals surface area contributed by atoms with Gasteiger partial charge in [0.2, 0.25) is 0 Å². The predicted molar refractivity (Wildman–Crippen MR) is 54.5 cm³/mol. The number of benzene rings is 1. The molecular formula is C10H12O4S. The van der Waals surface area contributed by atoms with Crippen LogP contribution in [0.1, 0.15) is 12.5 Å². The van der Waals surface area contributed by atoms with E-state index in [2.05, 4.69) is 0 Å². The maximum Gasteiger partial charge on any atom is 0.184 e. The molecule has 0 amide bonds. The van der Waals surface area contributed by atoms with Crippen molar-refractivity contribution in [1.29, 1.82) is 0 Å². The topological polar surface area (TPSA) is 74.6 Å². The van der Waals surface area contributed by atoms with Crippen LogP contribution in [0.25, 0.3) is 0 Å². The van der Waals surface area contributed by atoms with Gasteiger partial charge in [-0.1, -0.05) is 0 Å². The number of hydrogen-bond donors (Lipinski definition) is 2.